The topological polar surface area (TPSA) is 74.7 Å². The van der Waals surface area contributed by atoms with Crippen LogP contribution in [0.15, 0.2) is 43.0 Å². The maximum absolute atomic E-state index is 12.5. The van der Waals surface area contributed by atoms with Crippen LogP contribution in [-0.4, -0.2) is 48.0 Å². The van der Waals surface area contributed by atoms with Crippen molar-refractivity contribution in [3.63, 3.8) is 0 Å². The average molecular weight is 323 g/mol. The summed E-state index contributed by atoms with van der Waals surface area (Å²) in [6, 6.07) is 9.65. The summed E-state index contributed by atoms with van der Waals surface area (Å²) < 4.78 is 23.2. The number of carbonyl (C=O) groups is 1. The Kier molecular flexibility index (Phi) is 5.03. The fraction of sp³-hybridized carbons (Fsp3) is 0.438. The van der Waals surface area contributed by atoms with Gasteiger partial charge in [-0.05, 0) is 24.9 Å². The van der Waals surface area contributed by atoms with Gasteiger partial charge in [-0.2, -0.15) is 0 Å². The van der Waals surface area contributed by atoms with Gasteiger partial charge in [0.15, 0.2) is 14.6 Å². The zero-order valence-electron chi connectivity index (χ0n) is 12.4. The van der Waals surface area contributed by atoms with Crippen molar-refractivity contribution in [1.82, 2.24) is 4.90 Å². The van der Waals surface area contributed by atoms with E-state index in [2.05, 4.69) is 6.58 Å². The fourth-order valence-corrected chi connectivity index (χ4v) is 4.69. The van der Waals surface area contributed by atoms with Gasteiger partial charge >= 0.3 is 5.97 Å². The molecule has 0 aliphatic carbocycles. The second-order valence-electron chi connectivity index (χ2n) is 5.67. The van der Waals surface area contributed by atoms with Crippen LogP contribution in [0.2, 0.25) is 0 Å². The van der Waals surface area contributed by atoms with Crippen molar-refractivity contribution < 1.29 is 18.3 Å². The summed E-state index contributed by atoms with van der Waals surface area (Å²) in [5, 5.41) is 9.59. The highest BCUT2D eigenvalue weighted by molar-refractivity contribution is 7.93. The number of hydrogen-bond acceptors (Lipinski definition) is 4. The molecule has 120 valence electrons. The van der Waals surface area contributed by atoms with Crippen molar-refractivity contribution in [2.24, 2.45) is 0 Å². The van der Waals surface area contributed by atoms with Crippen molar-refractivity contribution in [2.45, 2.75) is 24.1 Å². The molecule has 1 saturated heterocycles. The minimum atomic E-state index is -3.78. The van der Waals surface area contributed by atoms with Gasteiger partial charge in [0.25, 0.3) is 0 Å². The molecule has 1 atom stereocenters. The minimum absolute atomic E-state index is 0.0212. The van der Waals surface area contributed by atoms with Crippen molar-refractivity contribution in [3.8, 4) is 0 Å². The quantitative estimate of drug-likeness (QED) is 0.807. The summed E-state index contributed by atoms with van der Waals surface area (Å²) >= 11 is 0. The van der Waals surface area contributed by atoms with E-state index < -0.39 is 20.6 Å². The first-order chi connectivity index (χ1) is 10.4. The Morgan fingerprint density at radius 1 is 1.36 bits per heavy atom. The first-order valence-electron chi connectivity index (χ1n) is 7.24. The van der Waals surface area contributed by atoms with Gasteiger partial charge in [0.05, 0.1) is 5.75 Å². The largest absolute Gasteiger partial charge is 0.480 e. The molecule has 6 heteroatoms. The van der Waals surface area contributed by atoms with E-state index >= 15 is 0 Å². The van der Waals surface area contributed by atoms with Gasteiger partial charge in [0, 0.05) is 13.1 Å². The molecule has 0 amide bonds. The Morgan fingerprint density at radius 2 is 2.05 bits per heavy atom. The van der Waals surface area contributed by atoms with Crippen LogP contribution in [0.5, 0.6) is 0 Å². The molecular formula is C16H21NO4S. The normalized spacial score (nSPS) is 23.1. The van der Waals surface area contributed by atoms with E-state index in [4.69, 9.17) is 0 Å². The first kappa shape index (κ1) is 16.7. The highest BCUT2D eigenvalue weighted by Crippen LogP contribution is 2.31. The number of aliphatic carboxylic acids is 1. The molecule has 5 nitrogen and oxygen atoms in total. The standard InChI is InChI=1S/C16H21NO4S/c1-2-11-22(20,21)16(15(18)19)9-6-10-17(13-16)12-14-7-4-3-5-8-14/h2-5,7-8H,1,6,9-13H2,(H,18,19). The Balaban J connectivity index is 2.25. The molecule has 1 aromatic rings. The summed E-state index contributed by atoms with van der Waals surface area (Å²) in [5.74, 6) is -1.56. The molecule has 1 aromatic carbocycles. The molecule has 1 fully saturated rings. The Hall–Kier alpha value is -1.66. The molecule has 0 radical (unpaired) electrons. The van der Waals surface area contributed by atoms with Crippen molar-refractivity contribution in [1.29, 1.82) is 0 Å². The lowest BCUT2D eigenvalue weighted by Crippen LogP contribution is -2.58. The monoisotopic (exact) mass is 323 g/mol. The predicted molar refractivity (Wildman–Crippen MR) is 85.3 cm³/mol. The summed E-state index contributed by atoms with van der Waals surface area (Å²) in [4.78, 5) is 13.7. The van der Waals surface area contributed by atoms with E-state index in [1.54, 1.807) is 0 Å². The van der Waals surface area contributed by atoms with Crippen molar-refractivity contribution in [3.05, 3.63) is 48.6 Å². The van der Waals surface area contributed by atoms with Gasteiger partial charge in [0.2, 0.25) is 0 Å². The summed E-state index contributed by atoms with van der Waals surface area (Å²) in [6.45, 7) is 4.71. The van der Waals surface area contributed by atoms with E-state index in [0.717, 1.165) is 5.56 Å². The number of rotatable bonds is 6. The number of piperidine rings is 1. The molecule has 0 aromatic heterocycles. The molecule has 1 aliphatic rings. The second-order valence-corrected chi connectivity index (χ2v) is 8.01. The third-order valence-electron chi connectivity index (χ3n) is 4.11. The third-order valence-corrected chi connectivity index (χ3v) is 6.48. The minimum Gasteiger partial charge on any atom is -0.480 e. The van der Waals surface area contributed by atoms with Crippen LogP contribution in [0, 0.1) is 0 Å². The number of nitrogens with zero attached hydrogens (tertiary/aromatic N) is 1. The van der Waals surface area contributed by atoms with Crippen LogP contribution in [0.3, 0.4) is 0 Å². The maximum atomic E-state index is 12.5. The molecule has 0 spiro atoms. The van der Waals surface area contributed by atoms with Crippen LogP contribution < -0.4 is 0 Å². The van der Waals surface area contributed by atoms with Gasteiger partial charge in [-0.3, -0.25) is 9.69 Å². The number of carboxylic acid groups (broad SMARTS) is 1. The van der Waals surface area contributed by atoms with Crippen molar-refractivity contribution >= 4 is 15.8 Å². The lowest BCUT2D eigenvalue weighted by molar-refractivity contribution is -0.141. The van der Waals surface area contributed by atoms with Gasteiger partial charge in [-0.15, -0.1) is 6.58 Å². The third kappa shape index (κ3) is 3.23. The molecule has 1 N–H and O–H groups in total. The Labute approximate surface area is 131 Å². The van der Waals surface area contributed by atoms with E-state index in [-0.39, 0.29) is 18.7 Å². The Morgan fingerprint density at radius 3 is 2.64 bits per heavy atom. The first-order valence-corrected chi connectivity index (χ1v) is 8.89. The van der Waals surface area contributed by atoms with Gasteiger partial charge < -0.3 is 5.11 Å². The summed E-state index contributed by atoms with van der Waals surface area (Å²) in [5.41, 5.74) is 1.05. The SMILES string of the molecule is C=CCS(=O)(=O)C1(C(=O)O)CCCN(Cc2ccccc2)C1. The van der Waals surface area contributed by atoms with E-state index in [0.29, 0.717) is 19.5 Å². The average Bonchev–Trinajstić information content (AvgIpc) is 2.48. The van der Waals surface area contributed by atoms with E-state index in [9.17, 15) is 18.3 Å². The lowest BCUT2D eigenvalue weighted by Gasteiger charge is -2.39. The van der Waals surface area contributed by atoms with Crippen LogP contribution in [0.1, 0.15) is 18.4 Å². The maximum Gasteiger partial charge on any atom is 0.326 e. The highest BCUT2D eigenvalue weighted by atomic mass is 32.2. The predicted octanol–water partition coefficient (Wildman–Crippen LogP) is 1.71. The summed E-state index contributed by atoms with van der Waals surface area (Å²) in [7, 11) is -3.78. The van der Waals surface area contributed by atoms with Gasteiger partial charge in [-0.1, -0.05) is 36.4 Å². The van der Waals surface area contributed by atoms with Crippen molar-refractivity contribution in [2.75, 3.05) is 18.8 Å². The second kappa shape index (κ2) is 6.62. The molecule has 22 heavy (non-hydrogen) atoms. The fourth-order valence-electron chi connectivity index (χ4n) is 2.96. The van der Waals surface area contributed by atoms with Crippen LogP contribution >= 0.6 is 0 Å². The molecule has 0 saturated carbocycles. The number of hydrogen-bond donors (Lipinski definition) is 1. The van der Waals surface area contributed by atoms with Crippen LogP contribution in [0.25, 0.3) is 0 Å². The van der Waals surface area contributed by atoms with Gasteiger partial charge in [0.1, 0.15) is 0 Å². The molecule has 0 bridgehead atoms. The molecule has 1 heterocycles. The molecule has 2 rings (SSSR count). The van der Waals surface area contributed by atoms with E-state index in [1.165, 1.54) is 6.08 Å². The molecular weight excluding hydrogens is 302 g/mol. The van der Waals surface area contributed by atoms with Gasteiger partial charge in [-0.25, -0.2) is 8.42 Å². The zero-order chi connectivity index (χ0) is 16.2. The molecule has 1 unspecified atom stereocenters. The van der Waals surface area contributed by atoms with E-state index in [1.807, 2.05) is 35.2 Å². The Bertz CT molecular complexity index is 641. The lowest BCUT2D eigenvalue weighted by atomic mass is 9.96. The van der Waals surface area contributed by atoms with Crippen LogP contribution in [0.4, 0.5) is 0 Å². The summed E-state index contributed by atoms with van der Waals surface area (Å²) in [6.07, 6.45) is 1.97. The zero-order valence-corrected chi connectivity index (χ0v) is 13.3. The molecule has 1 aliphatic heterocycles. The number of likely N-dealkylation sites (tertiary alicyclic amines) is 1. The number of carboxylic acids is 1. The number of sulfone groups is 1. The number of benzene rings is 1. The highest BCUT2D eigenvalue weighted by Gasteiger charge is 2.52. The van der Waals surface area contributed by atoms with Crippen LogP contribution in [-0.2, 0) is 21.2 Å². The smallest absolute Gasteiger partial charge is 0.326 e.